The molecule has 1 aromatic carbocycles. The zero-order valence-electron chi connectivity index (χ0n) is 7.46. The fourth-order valence-corrected chi connectivity index (χ4v) is 1.57. The quantitative estimate of drug-likeness (QED) is 0.625. The Labute approximate surface area is 95.6 Å². The summed E-state index contributed by atoms with van der Waals surface area (Å²) in [5.41, 5.74) is 0.881. The molecule has 74 valence electrons. The van der Waals surface area contributed by atoms with Crippen LogP contribution in [-0.2, 0) is 4.79 Å². The molecule has 0 heterocycles. The third-order valence-electron chi connectivity index (χ3n) is 1.58. The van der Waals surface area contributed by atoms with Crippen molar-refractivity contribution in [2.75, 3.05) is 7.11 Å². The van der Waals surface area contributed by atoms with Crippen LogP contribution in [0.4, 0.5) is 0 Å². The number of benzene rings is 1. The molecule has 2 nitrogen and oxygen atoms in total. The van der Waals surface area contributed by atoms with E-state index in [1.54, 1.807) is 13.2 Å². The fraction of sp³-hybridized carbons (Fsp3) is 0.100. The lowest BCUT2D eigenvalue weighted by molar-refractivity contribution is -0.107. The van der Waals surface area contributed by atoms with Gasteiger partial charge < -0.3 is 4.74 Å². The van der Waals surface area contributed by atoms with Crippen molar-refractivity contribution in [2.45, 2.75) is 0 Å². The number of methoxy groups -OCH3 is 1. The van der Waals surface area contributed by atoms with Crippen molar-refractivity contribution in [1.29, 1.82) is 0 Å². The molecule has 0 fully saturated rings. The molecule has 4 heteroatoms. The lowest BCUT2D eigenvalue weighted by Gasteiger charge is -2.02. The number of carbonyl (C=O) groups excluding carboxylic acids is 1. The summed E-state index contributed by atoms with van der Waals surface area (Å²) in [5.74, 6) is 0.749. The van der Waals surface area contributed by atoms with Gasteiger partial charge in [0.05, 0.1) is 11.6 Å². The van der Waals surface area contributed by atoms with E-state index in [1.807, 2.05) is 18.2 Å². The maximum atomic E-state index is 10.5. The molecule has 0 aliphatic rings. The number of hydrogen-bond donors (Lipinski definition) is 0. The molecule has 1 rings (SSSR count). The van der Waals surface area contributed by atoms with Crippen LogP contribution >= 0.6 is 27.5 Å². The molecule has 1 aromatic rings. The molecule has 0 saturated heterocycles. The smallest absolute Gasteiger partial charge is 0.245 e. The molecule has 0 radical (unpaired) electrons. The largest absolute Gasteiger partial charge is 0.496 e. The molecule has 0 amide bonds. The van der Waals surface area contributed by atoms with Crippen molar-refractivity contribution in [3.63, 3.8) is 0 Å². The molecule has 14 heavy (non-hydrogen) atoms. The first kappa shape index (κ1) is 11.3. The van der Waals surface area contributed by atoms with Crippen LogP contribution in [0.3, 0.4) is 0 Å². The first-order valence-electron chi connectivity index (χ1n) is 3.84. The topological polar surface area (TPSA) is 26.3 Å². The molecule has 0 N–H and O–H groups in total. The summed E-state index contributed by atoms with van der Waals surface area (Å²) in [4.78, 5) is 10.5. The van der Waals surface area contributed by atoms with Gasteiger partial charge in [0, 0.05) is 0 Å². The van der Waals surface area contributed by atoms with Gasteiger partial charge in [-0.2, -0.15) is 0 Å². The van der Waals surface area contributed by atoms with E-state index in [-0.39, 0.29) is 0 Å². The Morgan fingerprint density at radius 2 is 2.29 bits per heavy atom. The molecule has 0 bridgehead atoms. The molecule has 0 aromatic heterocycles. The Hall–Kier alpha value is -0.800. The van der Waals surface area contributed by atoms with Crippen molar-refractivity contribution in [2.24, 2.45) is 0 Å². The average Bonchev–Trinajstić information content (AvgIpc) is 2.15. The SMILES string of the molecule is COc1ccc(/C=C/C(=O)Cl)cc1Br. The predicted molar refractivity (Wildman–Crippen MR) is 60.6 cm³/mol. The minimum Gasteiger partial charge on any atom is -0.496 e. The van der Waals surface area contributed by atoms with Crippen LogP contribution in [0, 0.1) is 0 Å². The van der Waals surface area contributed by atoms with Crippen LogP contribution in [0.15, 0.2) is 28.7 Å². The molecule has 0 saturated carbocycles. The van der Waals surface area contributed by atoms with Crippen molar-refractivity contribution in [3.05, 3.63) is 34.3 Å². The Morgan fingerprint density at radius 3 is 2.79 bits per heavy atom. The van der Waals surface area contributed by atoms with Crippen LogP contribution in [0.1, 0.15) is 5.56 Å². The fourth-order valence-electron chi connectivity index (χ4n) is 0.948. The van der Waals surface area contributed by atoms with E-state index in [9.17, 15) is 4.79 Å². The molecule has 0 unspecified atom stereocenters. The summed E-state index contributed by atoms with van der Waals surface area (Å²) in [7, 11) is 1.60. The highest BCUT2D eigenvalue weighted by atomic mass is 79.9. The lowest BCUT2D eigenvalue weighted by Crippen LogP contribution is -1.84. The highest BCUT2D eigenvalue weighted by molar-refractivity contribution is 9.10. The third-order valence-corrected chi connectivity index (χ3v) is 2.33. The number of carbonyl (C=O) groups is 1. The molecule has 0 aliphatic carbocycles. The van der Waals surface area contributed by atoms with E-state index in [0.29, 0.717) is 0 Å². The van der Waals surface area contributed by atoms with Gasteiger partial charge in [0.2, 0.25) is 5.24 Å². The zero-order chi connectivity index (χ0) is 10.6. The maximum absolute atomic E-state index is 10.5. The first-order chi connectivity index (χ1) is 6.63. The number of ether oxygens (including phenoxy) is 1. The van der Waals surface area contributed by atoms with Crippen LogP contribution in [0.25, 0.3) is 6.08 Å². The monoisotopic (exact) mass is 274 g/mol. The van der Waals surface area contributed by atoms with Crippen molar-refractivity contribution < 1.29 is 9.53 Å². The zero-order valence-corrected chi connectivity index (χ0v) is 9.80. The van der Waals surface area contributed by atoms with Crippen LogP contribution in [0.5, 0.6) is 5.75 Å². The van der Waals surface area contributed by atoms with E-state index in [0.717, 1.165) is 15.8 Å². The van der Waals surface area contributed by atoms with E-state index in [1.165, 1.54) is 6.08 Å². The summed E-state index contributed by atoms with van der Waals surface area (Å²) >= 11 is 8.50. The second kappa shape index (κ2) is 5.17. The molecule has 0 atom stereocenters. The first-order valence-corrected chi connectivity index (χ1v) is 5.01. The Kier molecular flexibility index (Phi) is 4.17. The van der Waals surface area contributed by atoms with Crippen molar-refractivity contribution in [1.82, 2.24) is 0 Å². The van der Waals surface area contributed by atoms with Crippen LogP contribution < -0.4 is 4.74 Å². The van der Waals surface area contributed by atoms with Crippen LogP contribution in [-0.4, -0.2) is 12.4 Å². The highest BCUT2D eigenvalue weighted by Gasteiger charge is 1.99. The van der Waals surface area contributed by atoms with E-state index < -0.39 is 5.24 Å². The predicted octanol–water partition coefficient (Wildman–Crippen LogP) is 3.24. The Balaban J connectivity index is 2.91. The standard InChI is InChI=1S/C10H8BrClO2/c1-14-9-4-2-7(6-8(9)11)3-5-10(12)13/h2-6H,1H3/b5-3+. The Morgan fingerprint density at radius 1 is 1.57 bits per heavy atom. The van der Waals surface area contributed by atoms with E-state index in [4.69, 9.17) is 16.3 Å². The number of hydrogen-bond acceptors (Lipinski definition) is 2. The van der Waals surface area contributed by atoms with Gasteiger partial charge >= 0.3 is 0 Å². The summed E-state index contributed by atoms with van der Waals surface area (Å²) < 4.78 is 5.90. The molecule has 0 aliphatic heterocycles. The van der Waals surface area contributed by atoms with Gasteiger partial charge in [-0.1, -0.05) is 12.1 Å². The van der Waals surface area contributed by atoms with E-state index >= 15 is 0 Å². The maximum Gasteiger partial charge on any atom is 0.245 e. The van der Waals surface area contributed by atoms with Gasteiger partial charge in [-0.3, -0.25) is 4.79 Å². The van der Waals surface area contributed by atoms with E-state index in [2.05, 4.69) is 15.9 Å². The van der Waals surface area contributed by atoms with Gasteiger partial charge in [-0.25, -0.2) is 0 Å². The molecule has 0 spiro atoms. The normalized spacial score (nSPS) is 10.5. The number of rotatable bonds is 3. The van der Waals surface area contributed by atoms with Gasteiger partial charge in [-0.05, 0) is 51.3 Å². The lowest BCUT2D eigenvalue weighted by atomic mass is 10.2. The summed E-state index contributed by atoms with van der Waals surface area (Å²) in [6.45, 7) is 0. The molecular formula is C10H8BrClO2. The summed E-state index contributed by atoms with van der Waals surface area (Å²) in [6, 6.07) is 5.48. The second-order valence-electron chi connectivity index (χ2n) is 2.53. The molecular weight excluding hydrogens is 267 g/mol. The summed E-state index contributed by atoms with van der Waals surface area (Å²) in [5, 5.41) is -0.489. The van der Waals surface area contributed by atoms with Crippen LogP contribution in [0.2, 0.25) is 0 Å². The van der Waals surface area contributed by atoms with Gasteiger partial charge in [-0.15, -0.1) is 0 Å². The minimum absolute atomic E-state index is 0.489. The number of halogens is 2. The van der Waals surface area contributed by atoms with Crippen molar-refractivity contribution in [3.8, 4) is 5.75 Å². The van der Waals surface area contributed by atoms with Crippen molar-refractivity contribution >= 4 is 38.8 Å². The van der Waals surface area contributed by atoms with Gasteiger partial charge in [0.1, 0.15) is 5.75 Å². The average molecular weight is 276 g/mol. The highest BCUT2D eigenvalue weighted by Crippen LogP contribution is 2.25. The summed E-state index contributed by atoms with van der Waals surface area (Å²) in [6.07, 6.45) is 2.94. The third kappa shape index (κ3) is 3.16. The van der Waals surface area contributed by atoms with Gasteiger partial charge in [0.15, 0.2) is 0 Å². The Bertz CT molecular complexity index is 374. The van der Waals surface area contributed by atoms with Gasteiger partial charge in [0.25, 0.3) is 0 Å². The number of allylic oxidation sites excluding steroid dienone is 1. The second-order valence-corrected chi connectivity index (χ2v) is 3.76. The minimum atomic E-state index is -0.489.